The molecule has 0 aliphatic carbocycles. The number of nitriles is 1. The molecule has 0 aromatic heterocycles. The van der Waals surface area contributed by atoms with Crippen LogP contribution in [0.4, 0.5) is 11.4 Å². The maximum atomic E-state index is 12.2. The molecule has 2 aromatic carbocycles. The number of benzene rings is 2. The zero-order chi connectivity index (χ0) is 16.7. The van der Waals surface area contributed by atoms with E-state index in [2.05, 4.69) is 17.6 Å². The van der Waals surface area contributed by atoms with Crippen LogP contribution >= 0.6 is 0 Å². The van der Waals surface area contributed by atoms with E-state index in [4.69, 9.17) is 0 Å². The summed E-state index contributed by atoms with van der Waals surface area (Å²) < 4.78 is 0. The van der Waals surface area contributed by atoms with Gasteiger partial charge in [-0.3, -0.25) is 4.79 Å². The monoisotopic (exact) mass is 305 g/mol. The number of rotatable bonds is 5. The van der Waals surface area contributed by atoms with Crippen LogP contribution in [0.25, 0.3) is 0 Å². The van der Waals surface area contributed by atoms with Crippen molar-refractivity contribution in [2.75, 3.05) is 10.6 Å². The van der Waals surface area contributed by atoms with Gasteiger partial charge in [0.2, 0.25) is 0 Å². The Balaban J connectivity index is 2.10. The fraction of sp³-hybridized carbons (Fsp3) is 0.158. The predicted octanol–water partition coefficient (Wildman–Crippen LogP) is 4.02. The molecule has 0 unspecified atom stereocenters. The van der Waals surface area contributed by atoms with Crippen molar-refractivity contribution in [1.29, 1.82) is 5.26 Å². The van der Waals surface area contributed by atoms with E-state index in [-0.39, 0.29) is 5.57 Å². The van der Waals surface area contributed by atoms with Crippen LogP contribution in [-0.4, -0.2) is 5.91 Å². The summed E-state index contributed by atoms with van der Waals surface area (Å²) in [7, 11) is 0. The average molecular weight is 305 g/mol. The first-order chi connectivity index (χ1) is 11.1. The lowest BCUT2D eigenvalue weighted by Crippen LogP contribution is -2.14. The van der Waals surface area contributed by atoms with Gasteiger partial charge in [-0.1, -0.05) is 42.8 Å². The summed E-state index contributed by atoms with van der Waals surface area (Å²) in [6.07, 6.45) is 2.31. The molecule has 4 heteroatoms. The normalized spacial score (nSPS) is 10.7. The lowest BCUT2D eigenvalue weighted by Gasteiger charge is -2.08. The van der Waals surface area contributed by atoms with E-state index in [1.54, 1.807) is 0 Å². The topological polar surface area (TPSA) is 64.9 Å². The molecule has 0 saturated carbocycles. The van der Waals surface area contributed by atoms with Gasteiger partial charge in [-0.25, -0.2) is 0 Å². The quantitative estimate of drug-likeness (QED) is 0.648. The van der Waals surface area contributed by atoms with Crippen LogP contribution in [0.2, 0.25) is 0 Å². The first kappa shape index (κ1) is 16.3. The lowest BCUT2D eigenvalue weighted by atomic mass is 10.1. The summed E-state index contributed by atoms with van der Waals surface area (Å²) in [5.41, 5.74) is 3.81. The number of para-hydroxylation sites is 1. The molecule has 0 heterocycles. The largest absolute Gasteiger partial charge is 0.360 e. The summed E-state index contributed by atoms with van der Waals surface area (Å²) in [6, 6.07) is 17.1. The van der Waals surface area contributed by atoms with Crippen LogP contribution < -0.4 is 10.6 Å². The highest BCUT2D eigenvalue weighted by atomic mass is 16.1. The zero-order valence-corrected chi connectivity index (χ0v) is 13.3. The maximum absolute atomic E-state index is 12.2. The second-order valence-corrected chi connectivity index (χ2v) is 5.15. The van der Waals surface area contributed by atoms with Gasteiger partial charge < -0.3 is 10.6 Å². The van der Waals surface area contributed by atoms with Crippen LogP contribution in [-0.2, 0) is 11.2 Å². The Morgan fingerprint density at radius 2 is 1.87 bits per heavy atom. The molecule has 0 atom stereocenters. The first-order valence-corrected chi connectivity index (χ1v) is 7.46. The van der Waals surface area contributed by atoms with Crippen LogP contribution in [0.15, 0.2) is 60.3 Å². The number of carbonyl (C=O) groups excluding carboxylic acids is 1. The van der Waals surface area contributed by atoms with Gasteiger partial charge in [0.1, 0.15) is 11.6 Å². The number of nitrogens with one attached hydrogen (secondary N) is 2. The van der Waals surface area contributed by atoms with E-state index in [0.717, 1.165) is 23.2 Å². The Hall–Kier alpha value is -3.06. The Morgan fingerprint density at radius 3 is 2.52 bits per heavy atom. The molecular formula is C19H19N3O. The number of nitrogens with zero attached hydrogens (tertiary/aromatic N) is 1. The molecule has 2 rings (SSSR count). The van der Waals surface area contributed by atoms with Gasteiger partial charge in [0.15, 0.2) is 0 Å². The molecule has 0 saturated heterocycles. The highest BCUT2D eigenvalue weighted by Crippen LogP contribution is 2.16. The van der Waals surface area contributed by atoms with Crippen molar-refractivity contribution in [3.63, 3.8) is 0 Å². The molecule has 4 nitrogen and oxygen atoms in total. The summed E-state index contributed by atoms with van der Waals surface area (Å²) in [5, 5.41) is 15.0. The van der Waals surface area contributed by atoms with Gasteiger partial charge in [-0.05, 0) is 37.1 Å². The van der Waals surface area contributed by atoms with Crippen molar-refractivity contribution in [3.8, 4) is 6.07 Å². The van der Waals surface area contributed by atoms with E-state index in [0.29, 0.717) is 5.69 Å². The second-order valence-electron chi connectivity index (χ2n) is 5.15. The smallest absolute Gasteiger partial charge is 0.267 e. The van der Waals surface area contributed by atoms with Gasteiger partial charge in [-0.15, -0.1) is 0 Å². The van der Waals surface area contributed by atoms with E-state index < -0.39 is 5.91 Å². The molecule has 2 N–H and O–H groups in total. The second kappa shape index (κ2) is 7.81. The average Bonchev–Trinajstić information content (AvgIpc) is 2.58. The number of aryl methyl sites for hydroxylation is 2. The minimum Gasteiger partial charge on any atom is -0.360 e. The van der Waals surface area contributed by atoms with Gasteiger partial charge in [0, 0.05) is 17.6 Å². The molecule has 0 spiro atoms. The minimum absolute atomic E-state index is 0.0245. The standard InChI is InChI=1S/C19H19N3O/c1-3-15-6-4-5-7-18(15)21-13-16(12-20)19(23)22-17-10-8-14(2)9-11-17/h4-11,13,21H,3H2,1-2H3,(H,22,23)/b16-13-. The Labute approximate surface area is 136 Å². The van der Waals surface area contributed by atoms with Crippen molar-refractivity contribution >= 4 is 17.3 Å². The molecule has 2 aromatic rings. The Bertz CT molecular complexity index is 755. The minimum atomic E-state index is -0.433. The van der Waals surface area contributed by atoms with Crippen LogP contribution in [0.5, 0.6) is 0 Å². The maximum Gasteiger partial charge on any atom is 0.267 e. The third kappa shape index (κ3) is 4.45. The van der Waals surface area contributed by atoms with Crippen molar-refractivity contribution < 1.29 is 4.79 Å². The van der Waals surface area contributed by atoms with Gasteiger partial charge in [-0.2, -0.15) is 5.26 Å². The Morgan fingerprint density at radius 1 is 1.17 bits per heavy atom. The van der Waals surface area contributed by atoms with Gasteiger partial charge >= 0.3 is 0 Å². The van der Waals surface area contributed by atoms with E-state index in [9.17, 15) is 10.1 Å². The number of amides is 1. The molecule has 1 amide bonds. The molecule has 0 radical (unpaired) electrons. The van der Waals surface area contributed by atoms with Gasteiger partial charge in [0.25, 0.3) is 5.91 Å². The SMILES string of the molecule is CCc1ccccc1N/C=C(/C#N)C(=O)Nc1ccc(C)cc1. The molecule has 0 aliphatic heterocycles. The first-order valence-electron chi connectivity index (χ1n) is 7.46. The van der Waals surface area contributed by atoms with Gasteiger partial charge in [0.05, 0.1) is 0 Å². The summed E-state index contributed by atoms with van der Waals surface area (Å²) in [6.45, 7) is 4.03. The van der Waals surface area contributed by atoms with Crippen molar-refractivity contribution in [2.45, 2.75) is 20.3 Å². The van der Waals surface area contributed by atoms with Crippen LogP contribution in [0.1, 0.15) is 18.1 Å². The van der Waals surface area contributed by atoms with Crippen LogP contribution in [0.3, 0.4) is 0 Å². The van der Waals surface area contributed by atoms with Crippen LogP contribution in [0, 0.1) is 18.3 Å². The number of anilines is 2. The summed E-state index contributed by atoms with van der Waals surface area (Å²) in [5.74, 6) is -0.433. The molecule has 0 aliphatic rings. The van der Waals surface area contributed by atoms with E-state index >= 15 is 0 Å². The third-order valence-corrected chi connectivity index (χ3v) is 3.44. The summed E-state index contributed by atoms with van der Waals surface area (Å²) in [4.78, 5) is 12.2. The molecule has 0 fully saturated rings. The Kier molecular flexibility index (Phi) is 5.54. The van der Waals surface area contributed by atoms with Crippen molar-refractivity contribution in [3.05, 3.63) is 71.4 Å². The molecular weight excluding hydrogens is 286 g/mol. The van der Waals surface area contributed by atoms with Crippen molar-refractivity contribution in [2.24, 2.45) is 0 Å². The summed E-state index contributed by atoms with van der Waals surface area (Å²) >= 11 is 0. The number of hydrogen-bond acceptors (Lipinski definition) is 3. The zero-order valence-electron chi connectivity index (χ0n) is 13.3. The fourth-order valence-corrected chi connectivity index (χ4v) is 2.10. The molecule has 23 heavy (non-hydrogen) atoms. The van der Waals surface area contributed by atoms with E-state index in [1.807, 2.05) is 61.5 Å². The highest BCUT2D eigenvalue weighted by molar-refractivity contribution is 6.06. The number of hydrogen-bond donors (Lipinski definition) is 2. The predicted molar refractivity (Wildman–Crippen MR) is 92.9 cm³/mol. The molecule has 116 valence electrons. The lowest BCUT2D eigenvalue weighted by molar-refractivity contribution is -0.112. The fourth-order valence-electron chi connectivity index (χ4n) is 2.10. The van der Waals surface area contributed by atoms with E-state index in [1.165, 1.54) is 6.20 Å². The van der Waals surface area contributed by atoms with Crippen molar-refractivity contribution in [1.82, 2.24) is 0 Å². The third-order valence-electron chi connectivity index (χ3n) is 3.44. The number of carbonyl (C=O) groups is 1. The molecule has 0 bridgehead atoms. The highest BCUT2D eigenvalue weighted by Gasteiger charge is 2.09.